The van der Waals surface area contributed by atoms with E-state index in [1.54, 1.807) is 17.3 Å². The minimum absolute atomic E-state index is 0.0740. The first-order valence-electron chi connectivity index (χ1n) is 18.4. The van der Waals surface area contributed by atoms with Crippen molar-refractivity contribution in [2.45, 2.75) is 77.5 Å². The topological polar surface area (TPSA) is 148 Å². The smallest absolute Gasteiger partial charge is 0.407 e. The summed E-state index contributed by atoms with van der Waals surface area (Å²) in [5.74, 6) is 14.4. The Kier molecular flexibility index (Phi) is 11.5. The van der Waals surface area contributed by atoms with Crippen LogP contribution >= 0.6 is 0 Å². The lowest BCUT2D eigenvalue weighted by Crippen LogP contribution is -2.51. The van der Waals surface area contributed by atoms with Gasteiger partial charge in [-0.1, -0.05) is 51.7 Å². The number of fused-ring (bicyclic) bond motifs is 1. The third-order valence-corrected chi connectivity index (χ3v) is 10.1. The minimum Gasteiger partial charge on any atom is -0.453 e. The molecule has 0 saturated carbocycles. The molecule has 2 aromatic carbocycles. The molecular formula is C41H48N8O4. The Balaban J connectivity index is 1.10. The van der Waals surface area contributed by atoms with Crippen molar-refractivity contribution in [1.29, 1.82) is 0 Å². The predicted molar refractivity (Wildman–Crippen MR) is 202 cm³/mol. The van der Waals surface area contributed by atoms with Gasteiger partial charge in [0.2, 0.25) is 11.8 Å². The second-order valence-electron chi connectivity index (χ2n) is 14.4. The maximum absolute atomic E-state index is 13.4. The Morgan fingerprint density at radius 3 is 1.66 bits per heavy atom. The summed E-state index contributed by atoms with van der Waals surface area (Å²) in [4.78, 5) is 58.1. The number of carbonyl (C=O) groups excluding carboxylic acids is 3. The molecule has 276 valence electrons. The van der Waals surface area contributed by atoms with Crippen LogP contribution in [0.2, 0.25) is 0 Å². The molecular weight excluding hydrogens is 669 g/mol. The van der Waals surface area contributed by atoms with E-state index in [0.717, 1.165) is 60.0 Å². The number of rotatable bonds is 8. The molecule has 2 unspecified atom stereocenters. The number of ether oxygens (including phenoxy) is 1. The van der Waals surface area contributed by atoms with Crippen molar-refractivity contribution >= 4 is 28.7 Å². The number of nitrogens with one attached hydrogen (secondary N) is 4. The lowest BCUT2D eigenvalue weighted by Gasteiger charge is -2.29. The van der Waals surface area contributed by atoms with Crippen molar-refractivity contribution < 1.29 is 19.1 Å². The second kappa shape index (κ2) is 16.4. The van der Waals surface area contributed by atoms with Crippen LogP contribution in [0.5, 0.6) is 0 Å². The largest absolute Gasteiger partial charge is 0.453 e. The predicted octanol–water partition coefficient (Wildman–Crippen LogP) is 5.04. The van der Waals surface area contributed by atoms with Crippen LogP contribution in [0.3, 0.4) is 0 Å². The molecule has 0 bridgehead atoms. The molecule has 53 heavy (non-hydrogen) atoms. The lowest BCUT2D eigenvalue weighted by atomic mass is 10.0. The average Bonchev–Trinajstić information content (AvgIpc) is 3.98. The molecule has 2 aliphatic rings. The number of H-pyrrole nitrogens is 2. The van der Waals surface area contributed by atoms with Crippen LogP contribution in [0.25, 0.3) is 10.8 Å². The number of hydrogen-bond donors (Lipinski definition) is 4. The van der Waals surface area contributed by atoms with Gasteiger partial charge in [-0.2, -0.15) is 0 Å². The number of alkyl carbamates (subject to hydrolysis) is 1. The van der Waals surface area contributed by atoms with Gasteiger partial charge in [0.15, 0.2) is 0 Å². The molecule has 3 amide bonds. The summed E-state index contributed by atoms with van der Waals surface area (Å²) in [6.07, 6.45) is 6.24. The van der Waals surface area contributed by atoms with Crippen LogP contribution in [0.1, 0.15) is 99.6 Å². The van der Waals surface area contributed by atoms with Crippen molar-refractivity contribution in [3.8, 4) is 23.7 Å². The number of aromatic nitrogens is 4. The lowest BCUT2D eigenvalue weighted by molar-refractivity contribution is -0.136. The molecule has 6 rings (SSSR count). The molecule has 2 aliphatic heterocycles. The first kappa shape index (κ1) is 37.2. The van der Waals surface area contributed by atoms with Crippen LogP contribution in [-0.4, -0.2) is 87.0 Å². The normalized spacial score (nSPS) is 18.0. The van der Waals surface area contributed by atoms with Crippen molar-refractivity contribution in [1.82, 2.24) is 40.4 Å². The van der Waals surface area contributed by atoms with Gasteiger partial charge in [-0.3, -0.25) is 9.59 Å². The van der Waals surface area contributed by atoms with Gasteiger partial charge in [-0.25, -0.2) is 14.8 Å². The fourth-order valence-corrected chi connectivity index (χ4v) is 7.25. The monoisotopic (exact) mass is 716 g/mol. The van der Waals surface area contributed by atoms with Gasteiger partial charge in [0.1, 0.15) is 29.1 Å². The van der Waals surface area contributed by atoms with Crippen molar-refractivity contribution in [3.63, 3.8) is 0 Å². The molecule has 0 spiro atoms. The molecule has 12 nitrogen and oxygen atoms in total. The van der Waals surface area contributed by atoms with Gasteiger partial charge < -0.3 is 35.1 Å². The summed E-state index contributed by atoms with van der Waals surface area (Å²) in [5.41, 5.74) is 3.11. The third-order valence-electron chi connectivity index (χ3n) is 10.1. The van der Waals surface area contributed by atoms with Crippen molar-refractivity contribution in [3.05, 3.63) is 83.0 Å². The van der Waals surface area contributed by atoms with E-state index in [1.807, 2.05) is 56.1 Å². The zero-order valence-electron chi connectivity index (χ0n) is 31.2. The average molecular weight is 717 g/mol. The number of methoxy groups -OCH3 is 1. The number of nitrogens with zero attached hydrogens (tertiary/aromatic N) is 4. The van der Waals surface area contributed by atoms with E-state index < -0.39 is 12.1 Å². The van der Waals surface area contributed by atoms with E-state index >= 15 is 0 Å². The maximum Gasteiger partial charge on any atom is 0.407 e. The molecule has 2 aromatic heterocycles. The number of likely N-dealkylation sites (tertiary alicyclic amines) is 2. The Morgan fingerprint density at radius 2 is 1.23 bits per heavy atom. The summed E-state index contributed by atoms with van der Waals surface area (Å²) in [7, 11) is 3.12. The van der Waals surface area contributed by atoms with E-state index in [1.165, 1.54) is 7.11 Å². The molecule has 2 fully saturated rings. The van der Waals surface area contributed by atoms with Crippen LogP contribution in [-0.2, 0) is 14.3 Å². The number of likely N-dealkylation sites (N-methyl/N-ethyl adjacent to an activating group) is 1. The highest BCUT2D eigenvalue weighted by Crippen LogP contribution is 2.32. The highest BCUT2D eigenvalue weighted by Gasteiger charge is 2.38. The number of aromatic amines is 2. The summed E-state index contributed by atoms with van der Waals surface area (Å²) in [5, 5.41) is 7.95. The standard InChI is InChI=1S/C41H48N8O4/c1-25(2)35(42-5)39(50)48-19-7-9-33(48)37-43-23-31(45-37)17-13-27-11-15-30-22-28(12-16-29(30)21-27)14-18-32-24-44-38(46-32)34-10-8-20-49(34)40(51)36(26(3)4)47-41(52)53-6/h11-12,15-16,21-26,33-36,42H,7-10,19-20H2,1-6H3,(H,43,45)(H,44,46)(H,47,52)/t33-,34-,35?,36?/m0/s1. The van der Waals surface area contributed by atoms with E-state index in [4.69, 9.17) is 4.74 Å². The summed E-state index contributed by atoms with van der Waals surface area (Å²) < 4.78 is 4.74. The van der Waals surface area contributed by atoms with Crippen molar-refractivity contribution in [2.75, 3.05) is 27.2 Å². The number of amides is 3. The first-order valence-corrected chi connectivity index (χ1v) is 18.4. The number of hydrogen-bond acceptors (Lipinski definition) is 7. The summed E-state index contributed by atoms with van der Waals surface area (Å²) >= 11 is 0. The van der Waals surface area contributed by atoms with Gasteiger partial charge in [0.05, 0.1) is 37.6 Å². The van der Waals surface area contributed by atoms with Crippen molar-refractivity contribution in [2.24, 2.45) is 11.8 Å². The van der Waals surface area contributed by atoms with Crippen LogP contribution in [0.4, 0.5) is 4.79 Å². The quantitative estimate of drug-likeness (QED) is 0.187. The number of carbonyl (C=O) groups is 3. The highest BCUT2D eigenvalue weighted by atomic mass is 16.5. The van der Waals surface area contributed by atoms with Gasteiger partial charge >= 0.3 is 6.09 Å². The molecule has 0 aliphatic carbocycles. The SMILES string of the molecule is CNC(C(=O)N1CCC[C@H]1c1ncc(C#Cc2ccc3cc(C#Cc4cnc([C@@H]5CCCN5C(=O)C(NC(=O)OC)C(C)C)[nH]4)ccc3c2)[nH]1)C(C)C. The second-order valence-corrected chi connectivity index (χ2v) is 14.4. The highest BCUT2D eigenvalue weighted by molar-refractivity contribution is 5.87. The van der Waals surface area contributed by atoms with Crippen LogP contribution in [0.15, 0.2) is 48.8 Å². The Hall–Kier alpha value is -5.59. The maximum atomic E-state index is 13.4. The Bertz CT molecular complexity index is 2090. The fraction of sp³-hybridized carbons (Fsp3) is 0.439. The van der Waals surface area contributed by atoms with Crippen LogP contribution in [0, 0.1) is 35.5 Å². The molecule has 12 heteroatoms. The molecule has 4 aromatic rings. The molecule has 0 radical (unpaired) electrons. The van der Waals surface area contributed by atoms with E-state index in [-0.39, 0.29) is 41.8 Å². The molecule has 4 heterocycles. The minimum atomic E-state index is -0.688. The third kappa shape index (κ3) is 8.40. The number of imidazole rings is 2. The van der Waals surface area contributed by atoms with Gasteiger partial charge in [-0.15, -0.1) is 0 Å². The zero-order valence-corrected chi connectivity index (χ0v) is 31.2. The van der Waals surface area contributed by atoms with E-state index in [2.05, 4.69) is 74.2 Å². The fourth-order valence-electron chi connectivity index (χ4n) is 7.25. The van der Waals surface area contributed by atoms with E-state index in [0.29, 0.717) is 23.8 Å². The van der Waals surface area contributed by atoms with Gasteiger partial charge in [-0.05, 0) is 91.4 Å². The Labute approximate surface area is 310 Å². The van der Waals surface area contributed by atoms with Gasteiger partial charge in [0.25, 0.3) is 0 Å². The first-order chi connectivity index (χ1) is 25.6. The molecule has 4 atom stereocenters. The molecule has 4 N–H and O–H groups in total. The summed E-state index contributed by atoms with van der Waals surface area (Å²) in [6, 6.07) is 10.9. The zero-order chi connectivity index (χ0) is 37.6. The summed E-state index contributed by atoms with van der Waals surface area (Å²) in [6.45, 7) is 9.21. The van der Waals surface area contributed by atoms with E-state index in [9.17, 15) is 14.4 Å². The number of benzene rings is 2. The van der Waals surface area contributed by atoms with Crippen LogP contribution < -0.4 is 10.6 Å². The van der Waals surface area contributed by atoms with Gasteiger partial charge in [0, 0.05) is 24.2 Å². The molecule has 2 saturated heterocycles. The Morgan fingerprint density at radius 1 is 0.755 bits per heavy atom.